The smallest absolute Gasteiger partial charge is 0.169 e. The molecule has 0 radical (unpaired) electrons. The Hall–Kier alpha value is -6.26. The zero-order valence-corrected chi connectivity index (χ0v) is 29.5. The van der Waals surface area contributed by atoms with E-state index in [2.05, 4.69) is 157 Å². The van der Waals surface area contributed by atoms with Gasteiger partial charge in [-0.3, -0.25) is 0 Å². The summed E-state index contributed by atoms with van der Waals surface area (Å²) in [5.74, 6) is 2.03. The Morgan fingerprint density at radius 3 is 2.28 bits per heavy atom. The second-order valence-corrected chi connectivity index (χ2v) is 14.3. The van der Waals surface area contributed by atoms with Crippen LogP contribution in [0.3, 0.4) is 0 Å². The molecule has 4 heteroatoms. The minimum absolute atomic E-state index is 0.308. The van der Waals surface area contributed by atoms with Gasteiger partial charge in [-0.2, -0.15) is 0 Å². The Kier molecular flexibility index (Phi) is 7.94. The molecule has 0 saturated carbocycles. The molecule has 0 fully saturated rings. The van der Waals surface area contributed by atoms with E-state index in [4.69, 9.17) is 14.4 Å². The number of nitrogens with zero attached hydrogens (tertiary/aromatic N) is 2. The summed E-state index contributed by atoms with van der Waals surface area (Å²) in [5.41, 5.74) is 11.5. The number of furan rings is 1. The van der Waals surface area contributed by atoms with Gasteiger partial charge in [0, 0.05) is 38.8 Å². The van der Waals surface area contributed by atoms with E-state index in [0.717, 1.165) is 77.0 Å². The Balaban J connectivity index is 1.04. The summed E-state index contributed by atoms with van der Waals surface area (Å²) in [6.45, 7) is 0. The Morgan fingerprint density at radius 2 is 1.42 bits per heavy atom. The zero-order valence-electron chi connectivity index (χ0n) is 29.5. The normalized spacial score (nSPS) is 19.8. The molecule has 0 saturated heterocycles. The molecule has 1 N–H and O–H groups in total. The first-order valence-corrected chi connectivity index (χ1v) is 18.8. The van der Waals surface area contributed by atoms with Gasteiger partial charge in [0.2, 0.25) is 0 Å². The predicted molar refractivity (Wildman–Crippen MR) is 221 cm³/mol. The van der Waals surface area contributed by atoms with Crippen LogP contribution in [0, 0.1) is 0 Å². The molecular weight excluding hydrogens is 647 g/mol. The van der Waals surface area contributed by atoms with Crippen molar-refractivity contribution in [2.24, 2.45) is 9.98 Å². The van der Waals surface area contributed by atoms with Crippen molar-refractivity contribution in [3.63, 3.8) is 0 Å². The van der Waals surface area contributed by atoms with Gasteiger partial charge in [0.05, 0.1) is 0 Å². The number of allylic oxidation sites excluding steroid dienone is 10. The number of hydrogen-bond acceptors (Lipinski definition) is 4. The molecule has 2 heterocycles. The van der Waals surface area contributed by atoms with E-state index in [1.54, 1.807) is 0 Å². The van der Waals surface area contributed by atoms with Crippen LogP contribution >= 0.6 is 0 Å². The van der Waals surface area contributed by atoms with E-state index in [0.29, 0.717) is 5.92 Å². The number of nitrogens with one attached hydrogen (secondary N) is 1. The Bertz CT molecular complexity index is 2680. The lowest BCUT2D eigenvalue weighted by Crippen LogP contribution is -2.36. The number of rotatable bonds is 6. The van der Waals surface area contributed by atoms with Crippen molar-refractivity contribution in [2.45, 2.75) is 44.2 Å². The maximum absolute atomic E-state index is 6.81. The number of benzene rings is 5. The average Bonchev–Trinajstić information content (AvgIpc) is 3.63. The molecule has 0 bridgehead atoms. The molecule has 10 rings (SSSR count). The molecule has 2 atom stereocenters. The van der Waals surface area contributed by atoms with E-state index in [-0.39, 0.29) is 6.17 Å². The number of hydrogen-bond donors (Lipinski definition) is 1. The van der Waals surface area contributed by atoms with Crippen LogP contribution in [0.25, 0.3) is 43.9 Å². The van der Waals surface area contributed by atoms with Gasteiger partial charge < -0.3 is 9.73 Å². The summed E-state index contributed by atoms with van der Waals surface area (Å²) in [7, 11) is 0. The van der Waals surface area contributed by atoms with Crippen molar-refractivity contribution in [2.75, 3.05) is 0 Å². The lowest BCUT2D eigenvalue weighted by atomic mass is 9.87. The molecule has 6 aromatic rings. The molecule has 256 valence electrons. The lowest BCUT2D eigenvalue weighted by molar-refractivity contribution is 0.660. The van der Waals surface area contributed by atoms with E-state index >= 15 is 0 Å². The largest absolute Gasteiger partial charge is 0.455 e. The van der Waals surface area contributed by atoms with Crippen LogP contribution in [0.5, 0.6) is 0 Å². The topological polar surface area (TPSA) is 49.9 Å². The van der Waals surface area contributed by atoms with Crippen LogP contribution in [0.2, 0.25) is 0 Å². The van der Waals surface area contributed by atoms with Crippen molar-refractivity contribution in [1.82, 2.24) is 5.32 Å². The third-order valence-electron chi connectivity index (χ3n) is 10.9. The summed E-state index contributed by atoms with van der Waals surface area (Å²) >= 11 is 0. The quantitative estimate of drug-likeness (QED) is 0.190. The first-order chi connectivity index (χ1) is 26.3. The Labute approximate surface area is 309 Å². The zero-order chi connectivity index (χ0) is 35.1. The molecule has 1 aliphatic heterocycles. The van der Waals surface area contributed by atoms with Crippen molar-refractivity contribution in [3.8, 4) is 0 Å². The van der Waals surface area contributed by atoms with Crippen molar-refractivity contribution in [3.05, 3.63) is 191 Å². The fraction of sp³-hybridized carbons (Fsp3) is 0.143. The molecule has 4 nitrogen and oxygen atoms in total. The summed E-state index contributed by atoms with van der Waals surface area (Å²) in [6.07, 6.45) is 25.0. The van der Waals surface area contributed by atoms with Crippen LogP contribution in [-0.4, -0.2) is 11.7 Å². The number of para-hydroxylation sites is 1. The molecule has 53 heavy (non-hydrogen) atoms. The van der Waals surface area contributed by atoms with Crippen molar-refractivity contribution >= 4 is 55.5 Å². The standard InChI is InChI=1S/C49H39N3O/c1-4-15-32(16-5-1)39-27-14-28-42-44-31-43(40-25-10-11-26-41(40)46(44)53-45(39)42)37-23-12-21-35(29-37)36-22-13-24-38(30-36)49-51-47(33-17-6-2-7-18-33)50-48(52-49)34-19-8-3-9-20-34/h1-2,4-8,10-11,13-15,17-22,24-32,47H,3,9,12,16,23H2,(H,50,51,52). The van der Waals surface area contributed by atoms with Crippen molar-refractivity contribution < 1.29 is 4.42 Å². The predicted octanol–water partition coefficient (Wildman–Crippen LogP) is 12.3. The molecule has 0 spiro atoms. The van der Waals surface area contributed by atoms with Gasteiger partial charge in [0.1, 0.15) is 22.8 Å². The molecular formula is C49H39N3O. The summed E-state index contributed by atoms with van der Waals surface area (Å²) in [6, 6.07) is 36.9. The summed E-state index contributed by atoms with van der Waals surface area (Å²) in [4.78, 5) is 10.2. The van der Waals surface area contributed by atoms with Crippen LogP contribution < -0.4 is 5.32 Å². The average molecular weight is 686 g/mol. The van der Waals surface area contributed by atoms with Gasteiger partial charge in [0.15, 0.2) is 6.17 Å². The number of amidine groups is 2. The van der Waals surface area contributed by atoms with Gasteiger partial charge in [-0.15, -0.1) is 0 Å². The third-order valence-corrected chi connectivity index (χ3v) is 10.9. The lowest BCUT2D eigenvalue weighted by Gasteiger charge is -2.24. The van der Waals surface area contributed by atoms with Gasteiger partial charge >= 0.3 is 0 Å². The fourth-order valence-electron chi connectivity index (χ4n) is 8.28. The maximum atomic E-state index is 6.81. The van der Waals surface area contributed by atoms with Crippen molar-refractivity contribution in [1.29, 1.82) is 0 Å². The highest BCUT2D eigenvalue weighted by Gasteiger charge is 2.23. The molecule has 5 aromatic carbocycles. The third kappa shape index (κ3) is 5.81. The highest BCUT2D eigenvalue weighted by molar-refractivity contribution is 6.19. The van der Waals surface area contributed by atoms with E-state index in [9.17, 15) is 0 Å². The van der Waals surface area contributed by atoms with Crippen LogP contribution in [-0.2, 0) is 0 Å². The van der Waals surface area contributed by atoms with E-state index < -0.39 is 0 Å². The molecule has 3 aliphatic carbocycles. The first kappa shape index (κ1) is 31.5. The monoisotopic (exact) mass is 685 g/mol. The fourth-order valence-corrected chi connectivity index (χ4v) is 8.28. The molecule has 0 amide bonds. The minimum atomic E-state index is -0.308. The highest BCUT2D eigenvalue weighted by atomic mass is 16.3. The number of fused-ring (bicyclic) bond motifs is 5. The molecule has 1 aromatic heterocycles. The van der Waals surface area contributed by atoms with Crippen LogP contribution in [0.4, 0.5) is 0 Å². The highest BCUT2D eigenvalue weighted by Crippen LogP contribution is 2.43. The van der Waals surface area contributed by atoms with E-state index in [1.807, 2.05) is 6.07 Å². The van der Waals surface area contributed by atoms with Gasteiger partial charge in [-0.1, -0.05) is 146 Å². The van der Waals surface area contributed by atoms with Gasteiger partial charge in [-0.05, 0) is 77.5 Å². The van der Waals surface area contributed by atoms with Crippen LogP contribution in [0.1, 0.15) is 72.0 Å². The minimum Gasteiger partial charge on any atom is -0.455 e. The van der Waals surface area contributed by atoms with Crippen LogP contribution in [0.15, 0.2) is 178 Å². The number of aliphatic imine (C=N–C) groups is 2. The Morgan fingerprint density at radius 1 is 0.623 bits per heavy atom. The maximum Gasteiger partial charge on any atom is 0.169 e. The van der Waals surface area contributed by atoms with Gasteiger partial charge in [-0.25, -0.2) is 9.98 Å². The summed E-state index contributed by atoms with van der Waals surface area (Å²) < 4.78 is 6.81. The van der Waals surface area contributed by atoms with E-state index in [1.165, 1.54) is 44.0 Å². The summed E-state index contributed by atoms with van der Waals surface area (Å²) in [5, 5.41) is 8.36. The second-order valence-electron chi connectivity index (χ2n) is 14.3. The molecule has 2 unspecified atom stereocenters. The second kappa shape index (κ2) is 13.4. The first-order valence-electron chi connectivity index (χ1n) is 18.8. The SMILES string of the molecule is C1=CCC(c2cccc3c2oc2c4ccccc4c(C4=CC(c5cccc(C6=NC(c7ccccc7)N=C(C7=CCCC=C7)N6)c5)=CCC4)cc32)C=C1. The molecule has 4 aliphatic rings. The van der Waals surface area contributed by atoms with Gasteiger partial charge in [0.25, 0.3) is 0 Å².